The Hall–Kier alpha value is -0.985. The van der Waals surface area contributed by atoms with Gasteiger partial charge in [-0.05, 0) is 5.31 Å². The van der Waals surface area contributed by atoms with Gasteiger partial charge in [-0.3, -0.25) is 0 Å². The largest absolute Gasteiger partial charge is 0.504 e. The van der Waals surface area contributed by atoms with Crippen LogP contribution < -0.4 is 3.07 Å². The van der Waals surface area contributed by atoms with Crippen LogP contribution in [-0.4, -0.2) is 28.3 Å². The van der Waals surface area contributed by atoms with E-state index in [1.165, 1.54) is 36.9 Å². The average molecular weight is 336 g/mol. The number of halogens is 1. The molecule has 0 bridgehead atoms. The van der Waals surface area contributed by atoms with E-state index in [4.69, 9.17) is 10.9 Å². The molecule has 0 fully saturated rings. The van der Waals surface area contributed by atoms with E-state index in [-0.39, 0.29) is 11.3 Å². The molecular weight excluding hydrogens is 326 g/mol. The van der Waals surface area contributed by atoms with E-state index in [9.17, 15) is 20.4 Å². The summed E-state index contributed by atoms with van der Waals surface area (Å²) in [6, 6.07) is 0. The molecule has 0 saturated heterocycles. The van der Waals surface area contributed by atoms with E-state index < -0.39 is 28.3 Å². The number of phenolic OH excluding ortho intramolecular Hbond substituents is 4. The van der Waals surface area contributed by atoms with Crippen molar-refractivity contribution in [3.05, 3.63) is 5.56 Å². The SMILES string of the molecule is [B]C(C)(C)c1c(O)c(O)c(O)c(OI)c1O. The molecule has 0 unspecified atom stereocenters. The zero-order valence-electron chi connectivity index (χ0n) is 8.65. The van der Waals surface area contributed by atoms with Crippen molar-refractivity contribution in [1.29, 1.82) is 0 Å². The van der Waals surface area contributed by atoms with Gasteiger partial charge in [-0.2, -0.15) is 0 Å². The smallest absolute Gasteiger partial charge is 0.221 e. The Morgan fingerprint density at radius 1 is 1.00 bits per heavy atom. The summed E-state index contributed by atoms with van der Waals surface area (Å²) in [5, 5.41) is 37.1. The van der Waals surface area contributed by atoms with Crippen LogP contribution in [0, 0.1) is 0 Å². The highest BCUT2D eigenvalue weighted by Gasteiger charge is 2.30. The Morgan fingerprint density at radius 3 is 1.88 bits per heavy atom. The summed E-state index contributed by atoms with van der Waals surface area (Å²) in [5.41, 5.74) is -0.102. The summed E-state index contributed by atoms with van der Waals surface area (Å²) >= 11 is 1.42. The highest BCUT2D eigenvalue weighted by Crippen LogP contribution is 2.54. The van der Waals surface area contributed by atoms with E-state index in [1.54, 1.807) is 0 Å². The molecule has 0 atom stereocenters. The third-order valence-corrected chi connectivity index (χ3v) is 2.51. The first-order valence-corrected chi connectivity index (χ1v) is 5.17. The fourth-order valence-electron chi connectivity index (χ4n) is 1.36. The minimum Gasteiger partial charge on any atom is -0.504 e. The number of hydrogen-bond donors (Lipinski definition) is 4. The van der Waals surface area contributed by atoms with Gasteiger partial charge in [-0.25, -0.2) is 0 Å². The highest BCUT2D eigenvalue weighted by molar-refractivity contribution is 14.1. The molecule has 0 saturated carbocycles. The van der Waals surface area contributed by atoms with Crippen molar-refractivity contribution >= 4 is 30.9 Å². The van der Waals surface area contributed by atoms with E-state index in [2.05, 4.69) is 0 Å². The fraction of sp³-hybridized carbons (Fsp3) is 0.333. The Labute approximate surface area is 108 Å². The van der Waals surface area contributed by atoms with Gasteiger partial charge in [0.15, 0.2) is 34.5 Å². The second-order valence-corrected chi connectivity index (χ2v) is 4.34. The van der Waals surface area contributed by atoms with Gasteiger partial charge in [0.05, 0.1) is 7.85 Å². The van der Waals surface area contributed by atoms with Gasteiger partial charge in [0.25, 0.3) is 0 Å². The molecule has 0 aliphatic heterocycles. The van der Waals surface area contributed by atoms with Crippen molar-refractivity contribution in [3.8, 4) is 28.7 Å². The van der Waals surface area contributed by atoms with E-state index in [0.29, 0.717) is 0 Å². The molecule has 4 N–H and O–H groups in total. The minimum atomic E-state index is -1.11. The van der Waals surface area contributed by atoms with E-state index in [0.717, 1.165) is 0 Å². The third-order valence-electron chi connectivity index (χ3n) is 2.07. The molecule has 2 radical (unpaired) electrons. The standard InChI is InChI=1S/C9H10BIO5/c1-9(2,10)3-4(12)6(14)7(15)8(16-11)5(3)13/h12-15H,1-2H3. The molecule has 0 amide bonds. The van der Waals surface area contributed by atoms with Crippen molar-refractivity contribution in [2.24, 2.45) is 0 Å². The minimum absolute atomic E-state index is 0.102. The molecule has 0 aliphatic rings. The van der Waals surface area contributed by atoms with Crippen LogP contribution in [0.5, 0.6) is 28.7 Å². The van der Waals surface area contributed by atoms with Gasteiger partial charge in [0.1, 0.15) is 0 Å². The van der Waals surface area contributed by atoms with Crippen LogP contribution >= 0.6 is 23.0 Å². The summed E-state index contributed by atoms with van der Waals surface area (Å²) in [6.07, 6.45) is 0. The molecule has 16 heavy (non-hydrogen) atoms. The van der Waals surface area contributed by atoms with Crippen molar-refractivity contribution in [1.82, 2.24) is 0 Å². The quantitative estimate of drug-likeness (QED) is 0.285. The van der Waals surface area contributed by atoms with Crippen LogP contribution in [0.25, 0.3) is 0 Å². The van der Waals surface area contributed by atoms with Gasteiger partial charge in [-0.15, -0.1) is 0 Å². The predicted octanol–water partition coefficient (Wildman–Crippen LogP) is 1.64. The van der Waals surface area contributed by atoms with Gasteiger partial charge >= 0.3 is 0 Å². The van der Waals surface area contributed by atoms with Crippen LogP contribution in [-0.2, 0) is 5.31 Å². The maximum Gasteiger partial charge on any atom is 0.221 e. The predicted molar refractivity (Wildman–Crippen MR) is 66.5 cm³/mol. The first-order valence-electron chi connectivity index (χ1n) is 4.29. The first kappa shape index (κ1) is 13.1. The van der Waals surface area contributed by atoms with Crippen LogP contribution in [0.2, 0.25) is 0 Å². The summed E-state index contributed by atoms with van der Waals surface area (Å²) in [6.45, 7) is 3.05. The number of rotatable bonds is 2. The molecule has 1 aromatic carbocycles. The molecule has 1 rings (SSSR count). The fourth-order valence-corrected chi connectivity index (χ4v) is 1.78. The lowest BCUT2D eigenvalue weighted by Gasteiger charge is -2.24. The first-order chi connectivity index (χ1) is 7.21. The average Bonchev–Trinajstić information content (AvgIpc) is 2.13. The summed E-state index contributed by atoms with van der Waals surface area (Å²) < 4.78 is 4.69. The monoisotopic (exact) mass is 336 g/mol. The van der Waals surface area contributed by atoms with E-state index in [1.807, 2.05) is 0 Å². The Kier molecular flexibility index (Phi) is 3.37. The lowest BCUT2D eigenvalue weighted by atomic mass is 9.66. The molecular formula is C9H10BIO5. The van der Waals surface area contributed by atoms with Crippen molar-refractivity contribution < 1.29 is 23.5 Å². The van der Waals surface area contributed by atoms with Crippen LogP contribution in [0.15, 0.2) is 0 Å². The maximum atomic E-state index is 9.77. The zero-order valence-corrected chi connectivity index (χ0v) is 10.8. The zero-order chi connectivity index (χ0) is 12.7. The number of phenols is 4. The number of hydrogen-bond acceptors (Lipinski definition) is 5. The summed E-state index contributed by atoms with van der Waals surface area (Å²) in [7, 11) is 5.73. The van der Waals surface area contributed by atoms with Crippen LogP contribution in [0.4, 0.5) is 0 Å². The van der Waals surface area contributed by atoms with Crippen molar-refractivity contribution in [2.75, 3.05) is 0 Å². The summed E-state index contributed by atoms with van der Waals surface area (Å²) in [4.78, 5) is 0. The van der Waals surface area contributed by atoms with Crippen LogP contribution in [0.3, 0.4) is 0 Å². The molecule has 7 heteroatoms. The van der Waals surface area contributed by atoms with Gasteiger partial charge in [0, 0.05) is 5.56 Å². The van der Waals surface area contributed by atoms with Crippen molar-refractivity contribution in [3.63, 3.8) is 0 Å². The number of aromatic hydroxyl groups is 4. The molecule has 1 aromatic rings. The number of benzene rings is 1. The molecule has 0 spiro atoms. The maximum absolute atomic E-state index is 9.77. The van der Waals surface area contributed by atoms with Crippen molar-refractivity contribution in [2.45, 2.75) is 19.2 Å². The third kappa shape index (κ3) is 1.95. The molecule has 0 heterocycles. The van der Waals surface area contributed by atoms with Gasteiger partial charge < -0.3 is 23.5 Å². The Morgan fingerprint density at radius 2 is 1.50 bits per heavy atom. The molecule has 0 aliphatic carbocycles. The van der Waals surface area contributed by atoms with Gasteiger partial charge in [-0.1, -0.05) is 13.8 Å². The second-order valence-electron chi connectivity index (χ2n) is 3.90. The van der Waals surface area contributed by atoms with Gasteiger partial charge in [0.2, 0.25) is 17.2 Å². The Balaban J connectivity index is 3.69. The Bertz CT molecular complexity index is 427. The lowest BCUT2D eigenvalue weighted by molar-refractivity contribution is 0.342. The topological polar surface area (TPSA) is 90.2 Å². The lowest BCUT2D eigenvalue weighted by Crippen LogP contribution is -2.17. The van der Waals surface area contributed by atoms with Crippen LogP contribution in [0.1, 0.15) is 19.4 Å². The summed E-state index contributed by atoms with van der Waals surface area (Å²) in [5.74, 6) is -3.03. The second kappa shape index (κ2) is 4.12. The molecule has 86 valence electrons. The molecule has 0 aromatic heterocycles. The highest BCUT2D eigenvalue weighted by atomic mass is 127. The normalized spacial score (nSPS) is 11.4. The molecule has 5 nitrogen and oxygen atoms in total. The van der Waals surface area contributed by atoms with E-state index >= 15 is 0 Å².